The van der Waals surface area contributed by atoms with Crippen LogP contribution in [0.25, 0.3) is 11.3 Å². The largest absolute Gasteiger partial charge is 0.490 e. The summed E-state index contributed by atoms with van der Waals surface area (Å²) in [5, 5.41) is 4.74. The van der Waals surface area contributed by atoms with Gasteiger partial charge in [-0.15, -0.1) is 11.3 Å². The molecule has 0 fully saturated rings. The lowest BCUT2D eigenvalue weighted by Crippen LogP contribution is -2.24. The number of hydrogen-bond donors (Lipinski definition) is 1. The molecule has 2 aromatic carbocycles. The van der Waals surface area contributed by atoms with Crippen molar-refractivity contribution in [1.82, 2.24) is 4.98 Å². The van der Waals surface area contributed by atoms with Crippen LogP contribution < -0.4 is 19.1 Å². The fourth-order valence-electron chi connectivity index (χ4n) is 2.78. The summed E-state index contributed by atoms with van der Waals surface area (Å²) in [6.07, 6.45) is 1.12. The maximum atomic E-state index is 12.6. The van der Waals surface area contributed by atoms with E-state index < -0.39 is 22.5 Å². The number of thiazole rings is 1. The third kappa shape index (κ3) is 6.17. The van der Waals surface area contributed by atoms with Crippen LogP contribution in [0.3, 0.4) is 0 Å². The van der Waals surface area contributed by atoms with Gasteiger partial charge in [0.25, 0.3) is 5.91 Å². The van der Waals surface area contributed by atoms with Gasteiger partial charge in [-0.05, 0) is 37.3 Å². The molecular weight excluding hydrogens is 476 g/mol. The molecule has 12 heteroatoms. The predicted molar refractivity (Wildman–Crippen MR) is 123 cm³/mol. The average Bonchev–Trinajstić information content (AvgIpc) is 3.22. The van der Waals surface area contributed by atoms with Crippen molar-refractivity contribution >= 4 is 38.1 Å². The number of amides is 1. The van der Waals surface area contributed by atoms with Crippen LogP contribution in [-0.4, -0.2) is 45.8 Å². The maximum absolute atomic E-state index is 12.6. The number of nitrogens with one attached hydrogen (secondary N) is 1. The van der Waals surface area contributed by atoms with Crippen molar-refractivity contribution in [2.24, 2.45) is 0 Å². The van der Waals surface area contributed by atoms with Crippen molar-refractivity contribution < 1.29 is 31.5 Å². The molecule has 3 rings (SSSR count). The van der Waals surface area contributed by atoms with Crippen LogP contribution in [0, 0.1) is 0 Å². The van der Waals surface area contributed by atoms with Gasteiger partial charge in [-0.25, -0.2) is 13.4 Å². The normalized spacial score (nSPS) is 11.3. The first-order chi connectivity index (χ1) is 15.6. The lowest BCUT2D eigenvalue weighted by atomic mass is 10.1. The van der Waals surface area contributed by atoms with Gasteiger partial charge in [0.1, 0.15) is 0 Å². The molecule has 1 amide bonds. The highest BCUT2D eigenvalue weighted by molar-refractivity contribution is 7.92. The van der Waals surface area contributed by atoms with Gasteiger partial charge >= 0.3 is 6.61 Å². The Morgan fingerprint density at radius 2 is 1.88 bits per heavy atom. The lowest BCUT2D eigenvalue weighted by molar-refractivity contribution is -0.0514. The van der Waals surface area contributed by atoms with Crippen molar-refractivity contribution in [3.05, 3.63) is 53.4 Å². The topological polar surface area (TPSA) is 97.8 Å². The van der Waals surface area contributed by atoms with Crippen LogP contribution in [-0.2, 0) is 10.0 Å². The van der Waals surface area contributed by atoms with Gasteiger partial charge in [-0.3, -0.25) is 14.4 Å². The molecule has 0 saturated heterocycles. The van der Waals surface area contributed by atoms with Gasteiger partial charge < -0.3 is 9.47 Å². The van der Waals surface area contributed by atoms with Gasteiger partial charge in [0, 0.05) is 23.6 Å². The highest BCUT2D eigenvalue weighted by Gasteiger charge is 2.16. The first-order valence-corrected chi connectivity index (χ1v) is 12.3. The number of rotatable bonds is 9. The number of benzene rings is 2. The summed E-state index contributed by atoms with van der Waals surface area (Å²) in [6, 6.07) is 10.7. The second-order valence-electron chi connectivity index (χ2n) is 6.74. The Morgan fingerprint density at radius 3 is 2.48 bits per heavy atom. The molecule has 0 atom stereocenters. The van der Waals surface area contributed by atoms with E-state index >= 15 is 0 Å². The van der Waals surface area contributed by atoms with E-state index in [-0.39, 0.29) is 23.7 Å². The second kappa shape index (κ2) is 10.1. The molecule has 8 nitrogen and oxygen atoms in total. The standard InChI is InChI=1S/C21H21F2N3O5S2/c1-4-30-18-11-14(7-10-17(18)31-20(22)23)19(27)25-21-24-16(12-32-21)13-5-8-15(9-6-13)26(2)33(3,28)29/h5-12,20H,4H2,1-3H3,(H,24,25,27). The van der Waals surface area contributed by atoms with E-state index in [0.717, 1.165) is 16.1 Å². The number of nitrogens with zero attached hydrogens (tertiary/aromatic N) is 2. The number of hydrogen-bond acceptors (Lipinski definition) is 7. The number of ether oxygens (including phenoxy) is 2. The van der Waals surface area contributed by atoms with Crippen LogP contribution in [0.1, 0.15) is 17.3 Å². The Bertz CT molecular complexity index is 1230. The third-order valence-electron chi connectivity index (χ3n) is 4.47. The van der Waals surface area contributed by atoms with Crippen molar-refractivity contribution in [3.8, 4) is 22.8 Å². The molecule has 0 saturated carbocycles. The molecule has 0 unspecified atom stereocenters. The molecule has 176 valence electrons. The van der Waals surface area contributed by atoms with E-state index in [9.17, 15) is 22.0 Å². The Hall–Kier alpha value is -3.25. The number of carbonyl (C=O) groups is 1. The molecule has 3 aromatic rings. The fourth-order valence-corrected chi connectivity index (χ4v) is 4.00. The summed E-state index contributed by atoms with van der Waals surface area (Å²) < 4.78 is 59.3. The summed E-state index contributed by atoms with van der Waals surface area (Å²) in [6.45, 7) is -1.13. The number of sulfonamides is 1. The molecule has 0 aliphatic rings. The Morgan fingerprint density at radius 1 is 1.18 bits per heavy atom. The molecule has 0 bridgehead atoms. The fraction of sp³-hybridized carbons (Fsp3) is 0.238. The van der Waals surface area contributed by atoms with Gasteiger partial charge in [-0.1, -0.05) is 12.1 Å². The number of halogens is 2. The van der Waals surface area contributed by atoms with Crippen molar-refractivity contribution in [3.63, 3.8) is 0 Å². The Balaban J connectivity index is 1.74. The zero-order chi connectivity index (χ0) is 24.2. The number of alkyl halides is 2. The summed E-state index contributed by atoms with van der Waals surface area (Å²) in [5.74, 6) is -0.625. The molecule has 1 N–H and O–H groups in total. The van der Waals surface area contributed by atoms with Crippen LogP contribution in [0.5, 0.6) is 11.5 Å². The quantitative estimate of drug-likeness (QED) is 0.469. The monoisotopic (exact) mass is 497 g/mol. The van der Waals surface area contributed by atoms with Gasteiger partial charge in [-0.2, -0.15) is 8.78 Å². The molecule has 1 heterocycles. The van der Waals surface area contributed by atoms with Crippen LogP contribution in [0.2, 0.25) is 0 Å². The summed E-state index contributed by atoms with van der Waals surface area (Å²) in [7, 11) is -1.90. The van der Waals surface area contributed by atoms with Crippen molar-refractivity contribution in [2.75, 3.05) is 29.5 Å². The maximum Gasteiger partial charge on any atom is 0.387 e. The minimum Gasteiger partial charge on any atom is -0.490 e. The number of carbonyl (C=O) groups excluding carboxylic acids is 1. The highest BCUT2D eigenvalue weighted by Crippen LogP contribution is 2.31. The third-order valence-corrected chi connectivity index (χ3v) is 6.43. The van der Waals surface area contributed by atoms with Gasteiger partial charge in [0.2, 0.25) is 10.0 Å². The summed E-state index contributed by atoms with van der Waals surface area (Å²) in [5.41, 5.74) is 2.03. The molecule has 33 heavy (non-hydrogen) atoms. The Kier molecular flexibility index (Phi) is 7.49. The second-order valence-corrected chi connectivity index (χ2v) is 9.61. The zero-order valence-electron chi connectivity index (χ0n) is 17.9. The van der Waals surface area contributed by atoms with Crippen molar-refractivity contribution in [2.45, 2.75) is 13.5 Å². The van der Waals surface area contributed by atoms with Crippen LogP contribution in [0.4, 0.5) is 19.6 Å². The first kappa shape index (κ1) is 24.4. The van der Waals surface area contributed by atoms with E-state index in [1.807, 2.05) is 0 Å². The molecule has 1 aromatic heterocycles. The number of aromatic nitrogens is 1. The van der Waals surface area contributed by atoms with E-state index in [1.165, 1.54) is 36.6 Å². The van der Waals surface area contributed by atoms with Crippen LogP contribution >= 0.6 is 11.3 Å². The van der Waals surface area contributed by atoms with Gasteiger partial charge in [0.05, 0.1) is 24.2 Å². The summed E-state index contributed by atoms with van der Waals surface area (Å²) in [4.78, 5) is 17.0. The first-order valence-electron chi connectivity index (χ1n) is 9.61. The van der Waals surface area contributed by atoms with E-state index in [4.69, 9.17) is 4.74 Å². The van der Waals surface area contributed by atoms with Gasteiger partial charge in [0.15, 0.2) is 16.6 Å². The summed E-state index contributed by atoms with van der Waals surface area (Å²) >= 11 is 1.20. The van der Waals surface area contributed by atoms with E-state index in [1.54, 1.807) is 36.6 Å². The molecule has 0 aliphatic carbocycles. The molecule has 0 spiro atoms. The minimum absolute atomic E-state index is 0.0319. The van der Waals surface area contributed by atoms with Crippen molar-refractivity contribution in [1.29, 1.82) is 0 Å². The van der Waals surface area contributed by atoms with E-state index in [0.29, 0.717) is 16.5 Å². The molecule has 0 radical (unpaired) electrons. The molecule has 0 aliphatic heterocycles. The molecular formula is C21H21F2N3O5S2. The van der Waals surface area contributed by atoms with E-state index in [2.05, 4.69) is 15.0 Å². The predicted octanol–water partition coefficient (Wildman–Crippen LogP) is 4.46. The SMILES string of the molecule is CCOc1cc(C(=O)Nc2nc(-c3ccc(N(C)S(C)(=O)=O)cc3)cs2)ccc1OC(F)F. The average molecular weight is 498 g/mol. The lowest BCUT2D eigenvalue weighted by Gasteiger charge is -2.16. The number of anilines is 2. The minimum atomic E-state index is -3.37. The van der Waals surface area contributed by atoms with Crippen LogP contribution in [0.15, 0.2) is 47.8 Å². The highest BCUT2D eigenvalue weighted by atomic mass is 32.2. The smallest absolute Gasteiger partial charge is 0.387 e. The Labute approximate surface area is 193 Å². The zero-order valence-corrected chi connectivity index (χ0v) is 19.5.